The van der Waals surface area contributed by atoms with E-state index >= 15 is 0 Å². The molecule has 0 aliphatic rings. The molecule has 0 aliphatic heterocycles. The second-order valence-electron chi connectivity index (χ2n) is 4.05. The van der Waals surface area contributed by atoms with Gasteiger partial charge >= 0.3 is 0 Å². The van der Waals surface area contributed by atoms with E-state index < -0.39 is 6.10 Å². The summed E-state index contributed by atoms with van der Waals surface area (Å²) in [7, 11) is 0. The lowest BCUT2D eigenvalue weighted by molar-refractivity contribution is 0.171. The molecule has 96 valence electrons. The second kappa shape index (κ2) is 5.98. The summed E-state index contributed by atoms with van der Waals surface area (Å²) in [5.74, 6) is 0.749. The fourth-order valence-corrected chi connectivity index (χ4v) is 2.48. The van der Waals surface area contributed by atoms with Crippen LogP contribution >= 0.6 is 11.3 Å². The number of aromatic nitrogens is 1. The summed E-state index contributed by atoms with van der Waals surface area (Å²) < 4.78 is 5.52. The summed E-state index contributed by atoms with van der Waals surface area (Å²) in [4.78, 5) is 4.37. The van der Waals surface area contributed by atoms with Gasteiger partial charge in [-0.05, 0) is 19.9 Å². The lowest BCUT2D eigenvalue weighted by atomic mass is 10.0. The summed E-state index contributed by atoms with van der Waals surface area (Å²) in [6.45, 7) is 4.50. The van der Waals surface area contributed by atoms with Gasteiger partial charge in [-0.25, -0.2) is 4.98 Å². The van der Waals surface area contributed by atoms with Crippen LogP contribution < -0.4 is 4.74 Å². The normalized spacial score (nSPS) is 12.4. The van der Waals surface area contributed by atoms with Crippen molar-refractivity contribution in [2.75, 3.05) is 6.61 Å². The minimum absolute atomic E-state index is 0.522. The molecule has 2 aromatic rings. The molecule has 1 N–H and O–H groups in total. The Hall–Kier alpha value is -1.39. The van der Waals surface area contributed by atoms with Gasteiger partial charge < -0.3 is 9.84 Å². The van der Waals surface area contributed by atoms with Crippen molar-refractivity contribution in [2.45, 2.75) is 26.4 Å². The van der Waals surface area contributed by atoms with Crippen molar-refractivity contribution in [1.82, 2.24) is 4.98 Å². The van der Waals surface area contributed by atoms with Gasteiger partial charge in [0.2, 0.25) is 0 Å². The van der Waals surface area contributed by atoms with E-state index in [0.29, 0.717) is 13.0 Å². The van der Waals surface area contributed by atoms with Gasteiger partial charge in [-0.1, -0.05) is 18.2 Å². The maximum atomic E-state index is 10.3. The Labute approximate surface area is 111 Å². The first-order valence-corrected chi connectivity index (χ1v) is 6.89. The highest BCUT2D eigenvalue weighted by Gasteiger charge is 2.14. The van der Waals surface area contributed by atoms with E-state index in [-0.39, 0.29) is 0 Å². The topological polar surface area (TPSA) is 42.4 Å². The Balaban J connectivity index is 2.15. The van der Waals surface area contributed by atoms with Crippen LogP contribution in [0.2, 0.25) is 0 Å². The van der Waals surface area contributed by atoms with Crippen LogP contribution in [-0.2, 0) is 6.42 Å². The molecule has 0 spiro atoms. The number of nitrogens with zero attached hydrogens (tertiary/aromatic N) is 1. The molecular formula is C14H17NO2S. The number of para-hydroxylation sites is 1. The number of ether oxygens (including phenoxy) is 1. The van der Waals surface area contributed by atoms with Gasteiger partial charge in [0, 0.05) is 17.4 Å². The lowest BCUT2D eigenvalue weighted by Gasteiger charge is -2.14. The van der Waals surface area contributed by atoms with E-state index in [1.165, 1.54) is 0 Å². The molecular weight excluding hydrogens is 246 g/mol. The number of hydrogen-bond acceptors (Lipinski definition) is 4. The summed E-state index contributed by atoms with van der Waals surface area (Å²) in [5, 5.41) is 13.3. The van der Waals surface area contributed by atoms with Gasteiger partial charge in [-0.15, -0.1) is 11.3 Å². The molecule has 2 rings (SSSR count). The van der Waals surface area contributed by atoms with E-state index in [4.69, 9.17) is 4.74 Å². The van der Waals surface area contributed by atoms with Crippen LogP contribution in [-0.4, -0.2) is 16.7 Å². The molecule has 1 unspecified atom stereocenters. The number of aryl methyl sites for hydroxylation is 1. The third-order valence-corrected chi connectivity index (χ3v) is 3.47. The molecule has 0 radical (unpaired) electrons. The molecule has 1 atom stereocenters. The van der Waals surface area contributed by atoms with E-state index in [9.17, 15) is 5.11 Å². The minimum atomic E-state index is -0.575. The van der Waals surface area contributed by atoms with Crippen LogP contribution in [0.15, 0.2) is 29.6 Å². The molecule has 18 heavy (non-hydrogen) atoms. The number of benzene rings is 1. The van der Waals surface area contributed by atoms with Gasteiger partial charge in [0.15, 0.2) is 0 Å². The van der Waals surface area contributed by atoms with E-state index in [2.05, 4.69) is 4.98 Å². The molecule has 1 heterocycles. The Kier molecular flexibility index (Phi) is 4.33. The first-order valence-electron chi connectivity index (χ1n) is 6.01. The summed E-state index contributed by atoms with van der Waals surface area (Å²) in [6, 6.07) is 7.60. The molecule has 0 bridgehead atoms. The van der Waals surface area contributed by atoms with Crippen molar-refractivity contribution in [1.29, 1.82) is 0 Å². The van der Waals surface area contributed by atoms with E-state index in [1.54, 1.807) is 11.3 Å². The van der Waals surface area contributed by atoms with Gasteiger partial charge in [-0.3, -0.25) is 0 Å². The second-order valence-corrected chi connectivity index (χ2v) is 5.11. The average Bonchev–Trinajstić information content (AvgIpc) is 2.76. The predicted molar refractivity (Wildman–Crippen MR) is 73.1 cm³/mol. The number of rotatable bonds is 5. The highest BCUT2D eigenvalue weighted by molar-refractivity contribution is 7.09. The predicted octanol–water partition coefficient (Wildman–Crippen LogP) is 3.13. The standard InChI is InChI=1S/C14H17NO2S/c1-3-17-14-7-5-4-6-12(14)13(16)8-11-9-18-10(2)15-11/h4-7,9,13,16H,3,8H2,1-2H3. The lowest BCUT2D eigenvalue weighted by Crippen LogP contribution is -2.05. The third kappa shape index (κ3) is 3.09. The molecule has 4 heteroatoms. The Bertz CT molecular complexity index is 510. The quantitative estimate of drug-likeness (QED) is 0.901. The van der Waals surface area contributed by atoms with E-state index in [1.807, 2.05) is 43.5 Å². The summed E-state index contributed by atoms with van der Waals surface area (Å²) in [5.41, 5.74) is 1.75. The molecule has 1 aromatic carbocycles. The monoisotopic (exact) mass is 263 g/mol. The van der Waals surface area contributed by atoms with Crippen molar-refractivity contribution < 1.29 is 9.84 Å². The SMILES string of the molecule is CCOc1ccccc1C(O)Cc1csc(C)n1. The van der Waals surface area contributed by atoms with Crippen LogP contribution in [0.4, 0.5) is 0 Å². The van der Waals surface area contributed by atoms with Crippen molar-refractivity contribution in [3.05, 3.63) is 45.9 Å². The summed E-state index contributed by atoms with van der Waals surface area (Å²) >= 11 is 1.60. The van der Waals surface area contributed by atoms with Crippen molar-refractivity contribution >= 4 is 11.3 Å². The molecule has 0 aliphatic carbocycles. The molecule has 3 nitrogen and oxygen atoms in total. The molecule has 0 amide bonds. The largest absolute Gasteiger partial charge is 0.493 e. The van der Waals surface area contributed by atoms with Crippen LogP contribution in [0.1, 0.15) is 29.3 Å². The average molecular weight is 263 g/mol. The Morgan fingerprint density at radius 3 is 2.83 bits per heavy atom. The molecule has 0 fully saturated rings. The van der Waals surface area contributed by atoms with E-state index in [0.717, 1.165) is 22.0 Å². The zero-order valence-electron chi connectivity index (χ0n) is 10.6. The zero-order valence-corrected chi connectivity index (χ0v) is 11.4. The molecule has 1 aromatic heterocycles. The first-order chi connectivity index (χ1) is 8.70. The number of aliphatic hydroxyl groups excluding tert-OH is 1. The fourth-order valence-electron chi connectivity index (χ4n) is 1.85. The van der Waals surface area contributed by atoms with Crippen LogP contribution in [0.25, 0.3) is 0 Å². The van der Waals surface area contributed by atoms with Gasteiger partial charge in [-0.2, -0.15) is 0 Å². The number of hydrogen-bond donors (Lipinski definition) is 1. The van der Waals surface area contributed by atoms with Gasteiger partial charge in [0.05, 0.1) is 23.4 Å². The van der Waals surface area contributed by atoms with Crippen molar-refractivity contribution in [3.8, 4) is 5.75 Å². The van der Waals surface area contributed by atoms with Gasteiger partial charge in [0.25, 0.3) is 0 Å². The number of aliphatic hydroxyl groups is 1. The Morgan fingerprint density at radius 2 is 2.17 bits per heavy atom. The highest BCUT2D eigenvalue weighted by atomic mass is 32.1. The van der Waals surface area contributed by atoms with Crippen molar-refractivity contribution in [3.63, 3.8) is 0 Å². The third-order valence-electron chi connectivity index (χ3n) is 2.65. The fraction of sp³-hybridized carbons (Fsp3) is 0.357. The van der Waals surface area contributed by atoms with Crippen LogP contribution in [0, 0.1) is 6.92 Å². The zero-order chi connectivity index (χ0) is 13.0. The highest BCUT2D eigenvalue weighted by Crippen LogP contribution is 2.27. The van der Waals surface area contributed by atoms with Gasteiger partial charge in [0.1, 0.15) is 5.75 Å². The first kappa shape index (κ1) is 13.1. The smallest absolute Gasteiger partial charge is 0.125 e. The number of thiazole rings is 1. The Morgan fingerprint density at radius 1 is 1.39 bits per heavy atom. The van der Waals surface area contributed by atoms with Crippen LogP contribution in [0.3, 0.4) is 0 Å². The van der Waals surface area contributed by atoms with Crippen LogP contribution in [0.5, 0.6) is 5.75 Å². The summed E-state index contributed by atoms with van der Waals surface area (Å²) in [6.07, 6.45) is -0.0525. The molecule has 0 saturated carbocycles. The maximum Gasteiger partial charge on any atom is 0.125 e. The molecule has 0 saturated heterocycles. The maximum absolute atomic E-state index is 10.3. The minimum Gasteiger partial charge on any atom is -0.493 e. The van der Waals surface area contributed by atoms with Crippen molar-refractivity contribution in [2.24, 2.45) is 0 Å².